The average molecular weight is 620 g/mol. The van der Waals surface area contributed by atoms with Gasteiger partial charge in [-0.05, 0) is 77.0 Å². The van der Waals surface area contributed by atoms with Crippen LogP contribution in [0.4, 0.5) is 0 Å². The summed E-state index contributed by atoms with van der Waals surface area (Å²) in [5.41, 5.74) is 0. The molecule has 0 bridgehead atoms. The molecule has 0 amide bonds. The Hall–Kier alpha value is -2.29. The Morgan fingerprint density at radius 3 is 1.33 bits per heavy atom. The van der Waals surface area contributed by atoms with Gasteiger partial charge in [0.05, 0.1) is 6.20 Å². The van der Waals surface area contributed by atoms with Crippen LogP contribution in [0.5, 0.6) is 11.5 Å². The lowest BCUT2D eigenvalue weighted by Crippen LogP contribution is -2.38. The van der Waals surface area contributed by atoms with Crippen LogP contribution in [0, 0.1) is 0 Å². The lowest BCUT2D eigenvalue weighted by molar-refractivity contribution is -0.0949. The highest BCUT2D eigenvalue weighted by Gasteiger charge is 2.40. The molecule has 3 heteroatoms. The second-order valence-corrected chi connectivity index (χ2v) is 13.1. The summed E-state index contributed by atoms with van der Waals surface area (Å²) in [5, 5.41) is 0. The average Bonchev–Trinajstić information content (AvgIpc) is 3.43. The maximum absolute atomic E-state index is 6.46. The Morgan fingerprint density at radius 2 is 0.889 bits per heavy atom. The predicted octanol–water partition coefficient (Wildman–Crippen LogP) is 14.0. The van der Waals surface area contributed by atoms with Crippen LogP contribution < -0.4 is 9.47 Å². The van der Waals surface area contributed by atoms with Crippen LogP contribution in [0.2, 0.25) is 0 Å². The summed E-state index contributed by atoms with van der Waals surface area (Å²) in [4.78, 5) is 4.26. The van der Waals surface area contributed by atoms with Crippen molar-refractivity contribution in [3.63, 3.8) is 0 Å². The Bertz CT molecular complexity index is 855. The second-order valence-electron chi connectivity index (χ2n) is 13.1. The predicted molar refractivity (Wildman–Crippen MR) is 196 cm³/mol. The first-order valence-electron chi connectivity index (χ1n) is 19.2. The van der Waals surface area contributed by atoms with Crippen molar-refractivity contribution < 1.29 is 9.47 Å². The third-order valence-corrected chi connectivity index (χ3v) is 8.86. The van der Waals surface area contributed by atoms with E-state index in [1.165, 1.54) is 128 Å². The number of fused-ring (bicyclic) bond motifs is 1. The van der Waals surface area contributed by atoms with Crippen molar-refractivity contribution in [3.8, 4) is 11.5 Å². The molecule has 1 aromatic heterocycles. The summed E-state index contributed by atoms with van der Waals surface area (Å²) < 4.78 is 12.9. The van der Waals surface area contributed by atoms with Gasteiger partial charge in [0.25, 0.3) is 5.79 Å². The molecule has 0 spiro atoms. The van der Waals surface area contributed by atoms with E-state index >= 15 is 0 Å². The molecule has 45 heavy (non-hydrogen) atoms. The van der Waals surface area contributed by atoms with Gasteiger partial charge in [-0.2, -0.15) is 0 Å². The molecular weight excluding hydrogens is 550 g/mol. The van der Waals surface area contributed by atoms with Crippen molar-refractivity contribution in [2.24, 2.45) is 0 Å². The van der Waals surface area contributed by atoms with Crippen molar-refractivity contribution in [1.29, 1.82) is 0 Å². The molecule has 0 N–H and O–H groups in total. The lowest BCUT2D eigenvalue weighted by Gasteiger charge is -2.28. The Kier molecular flexibility index (Phi) is 24.2. The number of unbranched alkanes of at least 4 members (excludes halogenated alkanes) is 18. The van der Waals surface area contributed by atoms with Crippen LogP contribution in [-0.2, 0) is 0 Å². The molecule has 0 aromatic carbocycles. The molecule has 1 aromatic rings. The molecule has 1 aliphatic heterocycles. The first-order valence-corrected chi connectivity index (χ1v) is 19.2. The van der Waals surface area contributed by atoms with Gasteiger partial charge in [-0.25, -0.2) is 0 Å². The Balaban J connectivity index is 1.51. The van der Waals surface area contributed by atoms with Crippen LogP contribution in [0.25, 0.3) is 0 Å². The highest BCUT2D eigenvalue weighted by Crippen LogP contribution is 2.43. The minimum Gasteiger partial charge on any atom is -0.448 e. The Morgan fingerprint density at radius 1 is 0.489 bits per heavy atom. The summed E-state index contributed by atoms with van der Waals surface area (Å²) in [6.45, 7) is 4.53. The van der Waals surface area contributed by atoms with Crippen molar-refractivity contribution in [3.05, 3.63) is 67.1 Å². The van der Waals surface area contributed by atoms with Gasteiger partial charge in [0.2, 0.25) is 0 Å². The zero-order chi connectivity index (χ0) is 31.9. The summed E-state index contributed by atoms with van der Waals surface area (Å²) >= 11 is 0. The minimum absolute atomic E-state index is 0.490. The fourth-order valence-corrected chi connectivity index (χ4v) is 6.04. The van der Waals surface area contributed by atoms with E-state index in [1.807, 2.05) is 12.3 Å². The number of pyridine rings is 1. The van der Waals surface area contributed by atoms with Gasteiger partial charge in [-0.1, -0.05) is 140 Å². The smallest absolute Gasteiger partial charge is 0.251 e. The van der Waals surface area contributed by atoms with E-state index in [0.717, 1.165) is 50.0 Å². The number of ether oxygens (including phenoxy) is 2. The third-order valence-electron chi connectivity index (χ3n) is 8.86. The first kappa shape index (κ1) is 38.9. The van der Waals surface area contributed by atoms with Gasteiger partial charge in [-0.3, -0.25) is 4.98 Å². The molecule has 3 nitrogen and oxygen atoms in total. The number of rotatable bonds is 30. The summed E-state index contributed by atoms with van der Waals surface area (Å²) in [5.74, 6) is 1.19. The Labute approximate surface area is 279 Å². The van der Waals surface area contributed by atoms with Gasteiger partial charge in [0.1, 0.15) is 0 Å². The first-order chi connectivity index (χ1) is 22.3. The van der Waals surface area contributed by atoms with Crippen molar-refractivity contribution in [2.75, 3.05) is 0 Å². The van der Waals surface area contributed by atoms with Crippen molar-refractivity contribution in [1.82, 2.24) is 4.98 Å². The van der Waals surface area contributed by atoms with E-state index in [4.69, 9.17) is 9.47 Å². The van der Waals surface area contributed by atoms with Gasteiger partial charge >= 0.3 is 0 Å². The topological polar surface area (TPSA) is 31.4 Å². The molecule has 0 atom stereocenters. The molecule has 0 fully saturated rings. The molecule has 254 valence electrons. The molecular formula is C42H69NO2. The van der Waals surface area contributed by atoms with Crippen LogP contribution in [-0.4, -0.2) is 10.8 Å². The zero-order valence-corrected chi connectivity index (χ0v) is 29.5. The van der Waals surface area contributed by atoms with Crippen molar-refractivity contribution >= 4 is 0 Å². The van der Waals surface area contributed by atoms with Gasteiger partial charge < -0.3 is 9.47 Å². The van der Waals surface area contributed by atoms with Crippen LogP contribution in [0.1, 0.15) is 181 Å². The van der Waals surface area contributed by atoms with Gasteiger partial charge in [0, 0.05) is 25.1 Å². The largest absolute Gasteiger partial charge is 0.448 e. The van der Waals surface area contributed by atoms with Crippen LogP contribution in [0.15, 0.2) is 67.1 Å². The van der Waals surface area contributed by atoms with E-state index in [2.05, 4.69) is 67.4 Å². The SMILES string of the molecule is CCCCCC=CCC=CCCCCCCCCC1(CCCCCCCCC=CCC=CCCCCC)Oc2ccncc2O1. The molecule has 0 saturated carbocycles. The van der Waals surface area contributed by atoms with E-state index in [0.29, 0.717) is 0 Å². The normalized spacial score (nSPS) is 16.4. The number of hydrogen-bond donors (Lipinski definition) is 0. The maximum Gasteiger partial charge on any atom is 0.251 e. The third kappa shape index (κ3) is 20.5. The van der Waals surface area contributed by atoms with E-state index in [9.17, 15) is 0 Å². The molecule has 1 aliphatic rings. The highest BCUT2D eigenvalue weighted by molar-refractivity contribution is 5.40. The van der Waals surface area contributed by atoms with Gasteiger partial charge in [-0.15, -0.1) is 0 Å². The monoisotopic (exact) mass is 620 g/mol. The highest BCUT2D eigenvalue weighted by atomic mass is 16.7. The summed E-state index contributed by atoms with van der Waals surface area (Å²) in [7, 11) is 0. The maximum atomic E-state index is 6.46. The van der Waals surface area contributed by atoms with E-state index in [-0.39, 0.29) is 0 Å². The van der Waals surface area contributed by atoms with Crippen LogP contribution in [0.3, 0.4) is 0 Å². The molecule has 0 unspecified atom stereocenters. The minimum atomic E-state index is -0.490. The zero-order valence-electron chi connectivity index (χ0n) is 29.5. The van der Waals surface area contributed by atoms with Gasteiger partial charge in [0.15, 0.2) is 11.5 Å². The number of nitrogens with zero attached hydrogens (tertiary/aromatic N) is 1. The van der Waals surface area contributed by atoms with Crippen molar-refractivity contribution in [2.45, 2.75) is 187 Å². The lowest BCUT2D eigenvalue weighted by atomic mass is 9.98. The summed E-state index contributed by atoms with van der Waals surface area (Å²) in [6, 6.07) is 1.95. The number of hydrogen-bond acceptors (Lipinski definition) is 3. The molecule has 0 radical (unpaired) electrons. The second kappa shape index (κ2) is 28.0. The standard InChI is InChI=1S/C42H69NO2/c1-3-5-7-9-11-13-15-17-19-21-23-25-27-29-31-33-36-42(44-40-35-38-43-39-41(40)45-42)37-34-32-30-28-26-24-22-20-18-16-14-12-10-8-6-4-2/h11-14,17-20,35,38-39H,3-10,15-16,21-34,36-37H2,1-2H3. The molecule has 2 rings (SSSR count). The quantitative estimate of drug-likeness (QED) is 0.0634. The number of allylic oxidation sites excluding steroid dienone is 8. The molecule has 0 aliphatic carbocycles. The summed E-state index contributed by atoms with van der Waals surface area (Å²) in [6.07, 6.45) is 54.8. The van der Waals surface area contributed by atoms with E-state index < -0.39 is 5.79 Å². The molecule has 0 saturated heterocycles. The van der Waals surface area contributed by atoms with Crippen LogP contribution >= 0.6 is 0 Å². The fourth-order valence-electron chi connectivity index (χ4n) is 6.04. The fraction of sp³-hybridized carbons (Fsp3) is 0.690. The number of aromatic nitrogens is 1. The molecule has 2 heterocycles. The van der Waals surface area contributed by atoms with E-state index in [1.54, 1.807) is 6.20 Å².